The zero-order valence-electron chi connectivity index (χ0n) is 38.7. The molecule has 0 heterocycles. The molecule has 0 aromatic carbocycles. The summed E-state index contributed by atoms with van der Waals surface area (Å²) in [5.74, 6) is -0.929. The van der Waals surface area contributed by atoms with Crippen LogP contribution in [0.2, 0.25) is 0 Å². The number of esters is 2. The number of likely N-dealkylation sites (N-methyl/N-ethyl adjacent to an activating group) is 1. The van der Waals surface area contributed by atoms with Crippen molar-refractivity contribution in [1.82, 2.24) is 0 Å². The van der Waals surface area contributed by atoms with E-state index in [1.165, 1.54) is 25.7 Å². The SMILES string of the molecule is CCCCC/C=C\C/C=C\C/C=C\C/C=C\CCCCCC(=O)O[C@H](COC(=O)CCC/C=C\C/C=C\C/C=C\C/C=C\CC[C@@H](O)CC)COP(=O)(O)OCC[N+](C)(C)C. The Hall–Kier alpha value is -3.11. The minimum atomic E-state index is -4.41. The second-order valence-electron chi connectivity index (χ2n) is 16.2. The van der Waals surface area contributed by atoms with Gasteiger partial charge in [0.2, 0.25) is 0 Å². The molecule has 61 heavy (non-hydrogen) atoms. The zero-order chi connectivity index (χ0) is 45.1. The van der Waals surface area contributed by atoms with Crippen molar-refractivity contribution < 1.29 is 47.2 Å². The standard InChI is InChI=1S/C50H84NO9P/c1-6-8-9-10-11-12-13-14-15-16-17-18-19-24-27-30-33-36-39-42-50(54)60-48(46-59-61(55,56)58-44-43-51(3,4)5)45-57-49(53)41-38-35-32-29-26-23-21-20-22-25-28-31-34-37-40-47(52)7-2/h11-12,14-15,17-18,21-25,27,29,31-32,34,47-48,52H,6-10,13,16,19-20,26,28,30,33,35-46H2,1-5H3/p+1/b12-11-,15-14-,18-17-,23-21-,25-22-,27-24-,32-29-,34-31-/t47-,48+/m0/s1. The van der Waals surface area contributed by atoms with Gasteiger partial charge in [-0.2, -0.15) is 0 Å². The van der Waals surface area contributed by atoms with Crippen LogP contribution in [-0.4, -0.2) is 86.1 Å². The maximum Gasteiger partial charge on any atom is 0.472 e. The fraction of sp³-hybridized carbons (Fsp3) is 0.640. The van der Waals surface area contributed by atoms with Gasteiger partial charge in [0, 0.05) is 12.8 Å². The lowest BCUT2D eigenvalue weighted by Crippen LogP contribution is -2.37. The lowest BCUT2D eigenvalue weighted by atomic mass is 10.1. The number of phosphoric ester groups is 1. The Bertz CT molecular complexity index is 1370. The van der Waals surface area contributed by atoms with Crippen LogP contribution in [0.3, 0.4) is 0 Å². The van der Waals surface area contributed by atoms with Gasteiger partial charge in [-0.15, -0.1) is 0 Å². The number of ether oxygens (including phenoxy) is 2. The number of allylic oxidation sites excluding steroid dienone is 16. The van der Waals surface area contributed by atoms with E-state index in [4.69, 9.17) is 18.5 Å². The number of rotatable bonds is 40. The predicted octanol–water partition coefficient (Wildman–Crippen LogP) is 12.3. The molecule has 0 aliphatic heterocycles. The molecule has 0 aromatic heterocycles. The summed E-state index contributed by atoms with van der Waals surface area (Å²) in [6.07, 6.45) is 51.2. The normalized spacial score (nSPS) is 14.9. The molecule has 348 valence electrons. The summed E-state index contributed by atoms with van der Waals surface area (Å²) >= 11 is 0. The number of carbonyl (C=O) groups is 2. The summed E-state index contributed by atoms with van der Waals surface area (Å²) in [4.78, 5) is 35.4. The molecular weight excluding hydrogens is 790 g/mol. The van der Waals surface area contributed by atoms with Gasteiger partial charge < -0.3 is 24.0 Å². The molecule has 0 bridgehead atoms. The van der Waals surface area contributed by atoms with E-state index < -0.39 is 32.5 Å². The third-order valence-corrected chi connectivity index (χ3v) is 10.2. The highest BCUT2D eigenvalue weighted by Crippen LogP contribution is 2.43. The van der Waals surface area contributed by atoms with Gasteiger partial charge in [-0.05, 0) is 103 Å². The highest BCUT2D eigenvalue weighted by Gasteiger charge is 2.27. The molecule has 0 amide bonds. The van der Waals surface area contributed by atoms with E-state index in [0.29, 0.717) is 30.3 Å². The molecule has 0 saturated carbocycles. The fourth-order valence-electron chi connectivity index (χ4n) is 5.44. The molecular formula is C50H85NO9P+. The third kappa shape index (κ3) is 44.7. The minimum Gasteiger partial charge on any atom is -0.462 e. The Balaban J connectivity index is 4.53. The maximum absolute atomic E-state index is 12.7. The lowest BCUT2D eigenvalue weighted by Gasteiger charge is -2.24. The van der Waals surface area contributed by atoms with E-state index in [0.717, 1.165) is 77.0 Å². The fourth-order valence-corrected chi connectivity index (χ4v) is 6.18. The van der Waals surface area contributed by atoms with E-state index in [2.05, 4.69) is 98.1 Å². The number of quaternary nitrogens is 1. The van der Waals surface area contributed by atoms with E-state index in [1.807, 2.05) is 34.1 Å². The second-order valence-corrected chi connectivity index (χ2v) is 17.7. The molecule has 2 N–H and O–H groups in total. The van der Waals surface area contributed by atoms with Crippen LogP contribution in [0.1, 0.15) is 149 Å². The Morgan fingerprint density at radius 1 is 0.574 bits per heavy atom. The van der Waals surface area contributed by atoms with Crippen molar-refractivity contribution in [3.8, 4) is 0 Å². The molecule has 0 rings (SSSR count). The smallest absolute Gasteiger partial charge is 0.462 e. The summed E-state index contributed by atoms with van der Waals surface area (Å²) in [6, 6.07) is 0. The van der Waals surface area contributed by atoms with Crippen molar-refractivity contribution in [3.05, 3.63) is 97.2 Å². The summed E-state index contributed by atoms with van der Waals surface area (Å²) in [6.45, 7) is 3.98. The molecule has 0 fully saturated rings. The zero-order valence-corrected chi connectivity index (χ0v) is 39.6. The molecule has 0 spiro atoms. The maximum atomic E-state index is 12.7. The first-order valence-corrected chi connectivity index (χ1v) is 24.5. The molecule has 0 aliphatic rings. The van der Waals surface area contributed by atoms with Crippen molar-refractivity contribution in [1.29, 1.82) is 0 Å². The largest absolute Gasteiger partial charge is 0.472 e. The Labute approximate surface area is 371 Å². The average Bonchev–Trinajstić information content (AvgIpc) is 3.21. The minimum absolute atomic E-state index is 0.00520. The Morgan fingerprint density at radius 3 is 1.52 bits per heavy atom. The first-order valence-electron chi connectivity index (χ1n) is 23.0. The van der Waals surface area contributed by atoms with Crippen LogP contribution in [0.15, 0.2) is 97.2 Å². The number of nitrogens with zero attached hydrogens (tertiary/aromatic N) is 1. The molecule has 10 nitrogen and oxygen atoms in total. The van der Waals surface area contributed by atoms with Crippen LogP contribution >= 0.6 is 7.82 Å². The van der Waals surface area contributed by atoms with Crippen LogP contribution in [0.25, 0.3) is 0 Å². The van der Waals surface area contributed by atoms with Crippen LogP contribution in [-0.2, 0) is 32.7 Å². The second kappa shape index (κ2) is 40.9. The molecule has 0 aliphatic carbocycles. The van der Waals surface area contributed by atoms with Gasteiger partial charge in [0.1, 0.15) is 19.8 Å². The first kappa shape index (κ1) is 57.9. The van der Waals surface area contributed by atoms with Gasteiger partial charge in [-0.25, -0.2) is 4.57 Å². The topological polar surface area (TPSA) is 129 Å². The monoisotopic (exact) mass is 875 g/mol. The van der Waals surface area contributed by atoms with Crippen molar-refractivity contribution in [2.24, 2.45) is 0 Å². The van der Waals surface area contributed by atoms with E-state index >= 15 is 0 Å². The summed E-state index contributed by atoms with van der Waals surface area (Å²) in [7, 11) is 1.39. The molecule has 0 radical (unpaired) electrons. The number of phosphoric acid groups is 1. The number of hydrogen-bond donors (Lipinski definition) is 2. The molecule has 1 unspecified atom stereocenters. The van der Waals surface area contributed by atoms with Crippen LogP contribution < -0.4 is 0 Å². The molecule has 11 heteroatoms. The van der Waals surface area contributed by atoms with Crippen molar-refractivity contribution in [2.75, 3.05) is 47.5 Å². The van der Waals surface area contributed by atoms with Gasteiger partial charge in [0.05, 0.1) is 33.9 Å². The molecule has 0 aromatic rings. The number of unbranched alkanes of at least 4 members (excludes halogenated alkanes) is 7. The van der Waals surface area contributed by atoms with Gasteiger partial charge in [-0.3, -0.25) is 18.6 Å². The first-order chi connectivity index (χ1) is 29.4. The van der Waals surface area contributed by atoms with Crippen LogP contribution in [0.5, 0.6) is 0 Å². The van der Waals surface area contributed by atoms with Gasteiger partial charge >= 0.3 is 19.8 Å². The van der Waals surface area contributed by atoms with Crippen molar-refractivity contribution in [2.45, 2.75) is 161 Å². The highest BCUT2D eigenvalue weighted by molar-refractivity contribution is 7.47. The van der Waals surface area contributed by atoms with Crippen LogP contribution in [0, 0.1) is 0 Å². The third-order valence-electron chi connectivity index (χ3n) is 9.25. The van der Waals surface area contributed by atoms with Gasteiger partial charge in [0.15, 0.2) is 6.10 Å². The number of hydrogen-bond acceptors (Lipinski definition) is 8. The average molecular weight is 875 g/mol. The number of aliphatic hydroxyl groups is 1. The van der Waals surface area contributed by atoms with Gasteiger partial charge in [0.25, 0.3) is 0 Å². The molecule has 3 atom stereocenters. The van der Waals surface area contributed by atoms with E-state index in [1.54, 1.807) is 0 Å². The Kier molecular flexibility index (Phi) is 38.8. The number of carbonyl (C=O) groups excluding carboxylic acids is 2. The summed E-state index contributed by atoms with van der Waals surface area (Å²) in [5, 5.41) is 9.57. The predicted molar refractivity (Wildman–Crippen MR) is 253 cm³/mol. The molecule has 0 saturated heterocycles. The van der Waals surface area contributed by atoms with E-state index in [9.17, 15) is 24.2 Å². The van der Waals surface area contributed by atoms with Crippen molar-refractivity contribution in [3.63, 3.8) is 0 Å². The van der Waals surface area contributed by atoms with Crippen LogP contribution in [0.4, 0.5) is 0 Å². The van der Waals surface area contributed by atoms with Crippen molar-refractivity contribution >= 4 is 19.8 Å². The number of aliphatic hydroxyl groups excluding tert-OH is 1. The Morgan fingerprint density at radius 2 is 1.03 bits per heavy atom. The lowest BCUT2D eigenvalue weighted by molar-refractivity contribution is -0.870. The highest BCUT2D eigenvalue weighted by atomic mass is 31.2. The summed E-state index contributed by atoms with van der Waals surface area (Å²) in [5.41, 5.74) is 0. The van der Waals surface area contributed by atoms with Gasteiger partial charge in [-0.1, -0.05) is 130 Å². The summed E-state index contributed by atoms with van der Waals surface area (Å²) < 4.78 is 34.2. The van der Waals surface area contributed by atoms with E-state index in [-0.39, 0.29) is 32.2 Å². The quantitative estimate of drug-likeness (QED) is 0.0203.